The van der Waals surface area contributed by atoms with Gasteiger partial charge in [-0.25, -0.2) is 9.97 Å². The monoisotopic (exact) mass is 382 g/mol. The highest BCUT2D eigenvalue weighted by Gasteiger charge is 2.38. The molecule has 2 aromatic carbocycles. The molecule has 0 amide bonds. The summed E-state index contributed by atoms with van der Waals surface area (Å²) in [6.07, 6.45) is 7.61. The molecule has 0 radical (unpaired) electrons. The van der Waals surface area contributed by atoms with Gasteiger partial charge in [0.1, 0.15) is 0 Å². The summed E-state index contributed by atoms with van der Waals surface area (Å²) in [4.78, 5) is 8.58. The highest BCUT2D eigenvalue weighted by Crippen LogP contribution is 2.41. The summed E-state index contributed by atoms with van der Waals surface area (Å²) in [5.74, 6) is 2.36. The van der Waals surface area contributed by atoms with Crippen LogP contribution in [-0.2, 0) is 0 Å². The summed E-state index contributed by atoms with van der Waals surface area (Å²) in [5.41, 5.74) is 5.46. The Morgan fingerprint density at radius 1 is 0.966 bits per heavy atom. The number of hydrogen-bond acceptors (Lipinski definition) is 4. The van der Waals surface area contributed by atoms with Gasteiger partial charge >= 0.3 is 0 Å². The van der Waals surface area contributed by atoms with Crippen LogP contribution >= 0.6 is 0 Å². The summed E-state index contributed by atoms with van der Waals surface area (Å²) in [7, 11) is 0. The van der Waals surface area contributed by atoms with Crippen molar-refractivity contribution in [2.24, 2.45) is 5.92 Å². The molecule has 2 atom stereocenters. The number of nitrogens with zero attached hydrogens (tertiary/aromatic N) is 2. The van der Waals surface area contributed by atoms with E-state index in [-0.39, 0.29) is 0 Å². The van der Waals surface area contributed by atoms with Crippen molar-refractivity contribution in [1.82, 2.24) is 15.3 Å². The zero-order valence-electron chi connectivity index (χ0n) is 16.5. The van der Waals surface area contributed by atoms with Gasteiger partial charge in [-0.15, -0.1) is 0 Å². The molecular weight excluding hydrogens is 356 g/mol. The molecule has 2 N–H and O–H groups in total. The molecule has 5 rings (SSSR count). The van der Waals surface area contributed by atoms with Crippen molar-refractivity contribution in [3.05, 3.63) is 84.7 Å². The Bertz CT molecular complexity index is 976. The second kappa shape index (κ2) is 7.80. The predicted octanol–water partition coefficient (Wildman–Crippen LogP) is 5.08. The Labute approximate surface area is 172 Å². The van der Waals surface area contributed by atoms with Crippen LogP contribution in [0.1, 0.15) is 36.3 Å². The lowest BCUT2D eigenvalue weighted by Crippen LogP contribution is -2.20. The topological polar surface area (TPSA) is 49.8 Å². The summed E-state index contributed by atoms with van der Waals surface area (Å²) in [5, 5.41) is 7.12. The maximum atomic E-state index is 4.29. The molecule has 1 heterocycles. The van der Waals surface area contributed by atoms with E-state index in [0.717, 1.165) is 34.3 Å². The van der Waals surface area contributed by atoms with Gasteiger partial charge in [0.15, 0.2) is 5.82 Å². The minimum atomic E-state index is 0.676. The minimum absolute atomic E-state index is 0.676. The van der Waals surface area contributed by atoms with E-state index in [1.54, 1.807) is 12.4 Å². The molecule has 0 aliphatic heterocycles. The molecule has 4 nitrogen and oxygen atoms in total. The van der Waals surface area contributed by atoms with E-state index >= 15 is 0 Å². The molecule has 2 unspecified atom stereocenters. The van der Waals surface area contributed by atoms with E-state index in [0.29, 0.717) is 12.0 Å². The maximum absolute atomic E-state index is 4.29. The summed E-state index contributed by atoms with van der Waals surface area (Å²) in [6.45, 7) is 5.42. The van der Waals surface area contributed by atoms with Gasteiger partial charge in [-0.3, -0.25) is 0 Å². The molecule has 3 aromatic rings. The molecule has 2 fully saturated rings. The number of nitrogens with one attached hydrogen (secondary N) is 2. The van der Waals surface area contributed by atoms with Gasteiger partial charge in [0.2, 0.25) is 0 Å². The SMILES string of the molecule is C=C(Nc1ccc(-c2ncccn2)cc1)c1ccc(C2CC2NCC2CC2)cc1. The largest absolute Gasteiger partial charge is 0.356 e. The van der Waals surface area contributed by atoms with Crippen molar-refractivity contribution in [1.29, 1.82) is 0 Å². The van der Waals surface area contributed by atoms with Gasteiger partial charge in [-0.05, 0) is 73.2 Å². The number of rotatable bonds is 8. The fraction of sp³-hybridized carbons (Fsp3) is 0.280. The number of anilines is 1. The van der Waals surface area contributed by atoms with Gasteiger partial charge in [0.05, 0.1) is 0 Å². The lowest BCUT2D eigenvalue weighted by atomic mass is 10.1. The Balaban J connectivity index is 1.18. The van der Waals surface area contributed by atoms with Crippen molar-refractivity contribution < 1.29 is 0 Å². The zero-order chi connectivity index (χ0) is 19.6. The van der Waals surface area contributed by atoms with Crippen LogP contribution in [0.5, 0.6) is 0 Å². The molecule has 2 aliphatic rings. The third-order valence-corrected chi connectivity index (χ3v) is 5.85. The zero-order valence-corrected chi connectivity index (χ0v) is 16.5. The van der Waals surface area contributed by atoms with Crippen LogP contribution in [0.4, 0.5) is 5.69 Å². The van der Waals surface area contributed by atoms with Crippen LogP contribution in [0.3, 0.4) is 0 Å². The Morgan fingerprint density at radius 2 is 1.69 bits per heavy atom. The molecule has 2 aliphatic carbocycles. The van der Waals surface area contributed by atoms with E-state index in [2.05, 4.69) is 51.4 Å². The van der Waals surface area contributed by atoms with Gasteiger partial charge in [0, 0.05) is 41.3 Å². The van der Waals surface area contributed by atoms with Crippen LogP contribution in [0.25, 0.3) is 17.1 Å². The number of hydrogen-bond donors (Lipinski definition) is 2. The minimum Gasteiger partial charge on any atom is -0.356 e. The predicted molar refractivity (Wildman–Crippen MR) is 118 cm³/mol. The van der Waals surface area contributed by atoms with Gasteiger partial charge in [-0.2, -0.15) is 0 Å². The fourth-order valence-corrected chi connectivity index (χ4v) is 3.76. The standard InChI is InChI=1S/C25H26N4/c1-17(29-22-11-9-21(10-12-22)25-26-13-2-14-27-25)19-5-7-20(8-6-19)23-15-24(23)28-16-18-3-4-18/h2,5-14,18,23-24,28-29H,1,3-4,15-16H2. The van der Waals surface area contributed by atoms with Crippen molar-refractivity contribution in [3.8, 4) is 11.4 Å². The van der Waals surface area contributed by atoms with Gasteiger partial charge in [0.25, 0.3) is 0 Å². The average molecular weight is 383 g/mol. The molecule has 2 saturated carbocycles. The lowest BCUT2D eigenvalue weighted by molar-refractivity contribution is 0.625. The van der Waals surface area contributed by atoms with E-state index in [4.69, 9.17) is 0 Å². The first kappa shape index (κ1) is 18.1. The summed E-state index contributed by atoms with van der Waals surface area (Å²) in [6, 6.07) is 19.5. The Hall–Kier alpha value is -2.98. The van der Waals surface area contributed by atoms with E-state index in [9.17, 15) is 0 Å². The number of benzene rings is 2. The van der Waals surface area contributed by atoms with Crippen molar-refractivity contribution >= 4 is 11.4 Å². The highest BCUT2D eigenvalue weighted by molar-refractivity contribution is 5.76. The molecule has 0 spiro atoms. The fourth-order valence-electron chi connectivity index (χ4n) is 3.76. The highest BCUT2D eigenvalue weighted by atomic mass is 15.0. The molecule has 146 valence electrons. The molecule has 29 heavy (non-hydrogen) atoms. The van der Waals surface area contributed by atoms with E-state index in [1.165, 1.54) is 31.4 Å². The van der Waals surface area contributed by atoms with E-state index in [1.807, 2.05) is 30.3 Å². The van der Waals surface area contributed by atoms with Gasteiger partial charge < -0.3 is 10.6 Å². The van der Waals surface area contributed by atoms with Crippen LogP contribution in [0, 0.1) is 5.92 Å². The smallest absolute Gasteiger partial charge is 0.159 e. The molecule has 4 heteroatoms. The molecule has 1 aromatic heterocycles. The van der Waals surface area contributed by atoms with Crippen LogP contribution in [0.2, 0.25) is 0 Å². The Morgan fingerprint density at radius 3 is 2.38 bits per heavy atom. The first-order valence-electron chi connectivity index (χ1n) is 10.4. The van der Waals surface area contributed by atoms with Crippen LogP contribution < -0.4 is 10.6 Å². The molecule has 0 bridgehead atoms. The second-order valence-corrected chi connectivity index (χ2v) is 8.18. The van der Waals surface area contributed by atoms with E-state index < -0.39 is 0 Å². The number of aromatic nitrogens is 2. The van der Waals surface area contributed by atoms with Crippen LogP contribution in [0.15, 0.2) is 73.6 Å². The van der Waals surface area contributed by atoms with Crippen LogP contribution in [-0.4, -0.2) is 22.6 Å². The van der Waals surface area contributed by atoms with Crippen molar-refractivity contribution in [2.45, 2.75) is 31.2 Å². The first-order valence-corrected chi connectivity index (χ1v) is 10.4. The summed E-state index contributed by atoms with van der Waals surface area (Å²) >= 11 is 0. The third kappa shape index (κ3) is 4.38. The maximum Gasteiger partial charge on any atom is 0.159 e. The quantitative estimate of drug-likeness (QED) is 0.570. The van der Waals surface area contributed by atoms with Crippen molar-refractivity contribution in [2.75, 3.05) is 11.9 Å². The lowest BCUT2D eigenvalue weighted by Gasteiger charge is -2.11. The summed E-state index contributed by atoms with van der Waals surface area (Å²) < 4.78 is 0. The van der Waals surface area contributed by atoms with Crippen molar-refractivity contribution in [3.63, 3.8) is 0 Å². The Kier molecular flexibility index (Phi) is 4.86. The normalized spacial score (nSPS) is 20.3. The average Bonchev–Trinajstić information content (AvgIpc) is 3.69. The van der Waals surface area contributed by atoms with Gasteiger partial charge in [-0.1, -0.05) is 30.8 Å². The third-order valence-electron chi connectivity index (χ3n) is 5.85. The molecule has 0 saturated heterocycles. The first-order chi connectivity index (χ1) is 14.3. The second-order valence-electron chi connectivity index (χ2n) is 8.18. The molecular formula is C25H26N4.